The molecule has 12 heteroatoms. The van der Waals surface area contributed by atoms with E-state index in [4.69, 9.17) is 23.7 Å². The number of nitrogens with zero attached hydrogens (tertiary/aromatic N) is 2. The van der Waals surface area contributed by atoms with Crippen LogP contribution in [0.4, 0.5) is 0 Å². The summed E-state index contributed by atoms with van der Waals surface area (Å²) in [5.74, 6) is -0.526. The van der Waals surface area contributed by atoms with E-state index in [1.165, 1.54) is 28.8 Å². The SMILES string of the molecule is COc1ccc(CCN(C)CCCOc2ccc(S(=O)(=O)c3cc(OC(=O)C(=O)OC(C)C)c4ccccn34)cc2)cc1OC. The lowest BCUT2D eigenvalue weighted by molar-refractivity contribution is -0.164. The fourth-order valence-electron chi connectivity index (χ4n) is 4.61. The van der Waals surface area contributed by atoms with Gasteiger partial charge in [-0.25, -0.2) is 18.0 Å². The molecule has 240 valence electrons. The molecule has 0 unspecified atom stereocenters. The van der Waals surface area contributed by atoms with Crippen LogP contribution in [0.2, 0.25) is 0 Å². The van der Waals surface area contributed by atoms with Crippen molar-refractivity contribution < 1.29 is 41.7 Å². The number of hydrogen-bond donors (Lipinski definition) is 0. The van der Waals surface area contributed by atoms with Crippen LogP contribution < -0.4 is 18.9 Å². The highest BCUT2D eigenvalue weighted by Crippen LogP contribution is 2.32. The van der Waals surface area contributed by atoms with E-state index in [2.05, 4.69) is 11.9 Å². The zero-order valence-electron chi connectivity index (χ0n) is 26.0. The zero-order chi connectivity index (χ0) is 32.6. The van der Waals surface area contributed by atoms with E-state index in [0.717, 1.165) is 31.5 Å². The lowest BCUT2D eigenvalue weighted by Crippen LogP contribution is -2.25. The Morgan fingerprint density at radius 2 is 1.60 bits per heavy atom. The third-order valence-electron chi connectivity index (χ3n) is 6.91. The topological polar surface area (TPSA) is 122 Å². The second-order valence-electron chi connectivity index (χ2n) is 10.6. The summed E-state index contributed by atoms with van der Waals surface area (Å²) >= 11 is 0. The maximum Gasteiger partial charge on any atom is 0.422 e. The van der Waals surface area contributed by atoms with Gasteiger partial charge in [0.2, 0.25) is 9.84 Å². The number of aromatic nitrogens is 1. The van der Waals surface area contributed by atoms with Crippen molar-refractivity contribution in [1.82, 2.24) is 9.30 Å². The second kappa shape index (κ2) is 15.0. The van der Waals surface area contributed by atoms with Crippen LogP contribution in [0.1, 0.15) is 25.8 Å². The first-order valence-corrected chi connectivity index (χ1v) is 15.9. The molecule has 11 nitrogen and oxygen atoms in total. The van der Waals surface area contributed by atoms with Gasteiger partial charge in [-0.2, -0.15) is 0 Å². The van der Waals surface area contributed by atoms with Gasteiger partial charge in [0.1, 0.15) is 10.8 Å². The Kier molecular flexibility index (Phi) is 11.1. The van der Waals surface area contributed by atoms with Crippen molar-refractivity contribution in [3.63, 3.8) is 0 Å². The van der Waals surface area contributed by atoms with Crippen LogP contribution in [-0.4, -0.2) is 76.7 Å². The van der Waals surface area contributed by atoms with Crippen LogP contribution in [-0.2, 0) is 30.6 Å². The predicted octanol–water partition coefficient (Wildman–Crippen LogP) is 4.59. The van der Waals surface area contributed by atoms with Gasteiger partial charge in [0.05, 0.1) is 37.3 Å². The minimum atomic E-state index is -4.03. The molecule has 0 atom stereocenters. The van der Waals surface area contributed by atoms with Gasteiger partial charge in [-0.3, -0.25) is 0 Å². The number of benzene rings is 2. The number of rotatable bonds is 14. The summed E-state index contributed by atoms with van der Waals surface area (Å²) in [7, 11) is 1.26. The molecule has 4 aromatic rings. The minimum Gasteiger partial charge on any atom is -0.494 e. The summed E-state index contributed by atoms with van der Waals surface area (Å²) < 4.78 is 55.2. The van der Waals surface area contributed by atoms with Crippen LogP contribution in [0.3, 0.4) is 0 Å². The number of pyridine rings is 1. The molecule has 0 fully saturated rings. The number of fused-ring (bicyclic) bond motifs is 1. The summed E-state index contributed by atoms with van der Waals surface area (Å²) in [4.78, 5) is 26.5. The van der Waals surface area contributed by atoms with E-state index in [9.17, 15) is 18.0 Å². The van der Waals surface area contributed by atoms with Crippen LogP contribution in [0.15, 0.2) is 82.8 Å². The van der Waals surface area contributed by atoms with Gasteiger partial charge < -0.3 is 33.0 Å². The van der Waals surface area contributed by atoms with Crippen molar-refractivity contribution in [2.24, 2.45) is 0 Å². The molecule has 0 N–H and O–H groups in total. The molecule has 0 spiro atoms. The molecular weight excluding hydrogens is 600 g/mol. The summed E-state index contributed by atoms with van der Waals surface area (Å²) in [5, 5.41) is -0.122. The van der Waals surface area contributed by atoms with Crippen LogP contribution >= 0.6 is 0 Å². The fourth-order valence-corrected chi connectivity index (χ4v) is 6.03. The average molecular weight is 639 g/mol. The molecule has 0 bridgehead atoms. The van der Waals surface area contributed by atoms with E-state index < -0.39 is 27.9 Å². The summed E-state index contributed by atoms with van der Waals surface area (Å²) in [6, 6.07) is 18.2. The number of hydrogen-bond acceptors (Lipinski definition) is 10. The van der Waals surface area contributed by atoms with Crippen molar-refractivity contribution in [2.45, 2.75) is 42.7 Å². The van der Waals surface area contributed by atoms with Gasteiger partial charge in [0.15, 0.2) is 17.2 Å². The van der Waals surface area contributed by atoms with Crippen LogP contribution in [0, 0.1) is 0 Å². The first kappa shape index (κ1) is 33.3. The monoisotopic (exact) mass is 638 g/mol. The van der Waals surface area contributed by atoms with E-state index in [0.29, 0.717) is 29.4 Å². The highest BCUT2D eigenvalue weighted by atomic mass is 32.2. The quantitative estimate of drug-likeness (QED) is 0.110. The summed E-state index contributed by atoms with van der Waals surface area (Å²) in [5.41, 5.74) is 1.46. The molecule has 45 heavy (non-hydrogen) atoms. The fraction of sp³-hybridized carbons (Fsp3) is 0.333. The number of carbonyl (C=O) groups is 2. The van der Waals surface area contributed by atoms with Gasteiger partial charge in [-0.05, 0) is 87.8 Å². The molecule has 2 aromatic heterocycles. The van der Waals surface area contributed by atoms with E-state index in [1.807, 2.05) is 18.2 Å². The van der Waals surface area contributed by atoms with Gasteiger partial charge in [0.25, 0.3) is 0 Å². The molecular formula is C33H38N2O9S. The molecule has 0 aliphatic heterocycles. The third kappa shape index (κ3) is 8.34. The van der Waals surface area contributed by atoms with Crippen molar-refractivity contribution in [1.29, 1.82) is 0 Å². The maximum absolute atomic E-state index is 13.6. The average Bonchev–Trinajstić information content (AvgIpc) is 3.40. The predicted molar refractivity (Wildman–Crippen MR) is 167 cm³/mol. The molecule has 0 radical (unpaired) electrons. The lowest BCUT2D eigenvalue weighted by atomic mass is 10.1. The molecule has 0 saturated heterocycles. The van der Waals surface area contributed by atoms with E-state index >= 15 is 0 Å². The molecule has 0 aliphatic rings. The standard InChI is InChI=1S/C33H38N2O9S/c1-23(2)43-32(36)33(37)44-29-22-31(35-18-7-6-9-27(29)35)45(38,39)26-13-11-25(12-14-26)42-20-8-17-34(3)19-16-24-10-15-28(40-4)30(21-24)41-5/h6-7,9-15,18,21-23H,8,16-17,19-20H2,1-5H3. The molecule has 0 amide bonds. The van der Waals surface area contributed by atoms with Gasteiger partial charge in [0, 0.05) is 25.4 Å². The van der Waals surface area contributed by atoms with E-state index in [1.54, 1.807) is 58.4 Å². The highest BCUT2D eigenvalue weighted by Gasteiger charge is 2.27. The largest absolute Gasteiger partial charge is 0.494 e. The van der Waals surface area contributed by atoms with E-state index in [-0.39, 0.29) is 15.7 Å². The lowest BCUT2D eigenvalue weighted by Gasteiger charge is -2.17. The summed E-state index contributed by atoms with van der Waals surface area (Å²) in [6.07, 6.45) is 2.67. The van der Waals surface area contributed by atoms with Gasteiger partial charge in [-0.15, -0.1) is 0 Å². The Hall–Kier alpha value is -4.55. The Balaban J connectivity index is 1.33. The normalized spacial score (nSPS) is 11.5. The number of esters is 2. The smallest absolute Gasteiger partial charge is 0.422 e. The van der Waals surface area contributed by atoms with Crippen molar-refractivity contribution in [3.05, 3.63) is 78.5 Å². The van der Waals surface area contributed by atoms with Crippen molar-refractivity contribution in [3.8, 4) is 23.0 Å². The first-order valence-electron chi connectivity index (χ1n) is 14.4. The number of likely N-dealkylation sites (N-methyl/N-ethyl adjacent to an activating group) is 1. The maximum atomic E-state index is 13.6. The third-order valence-corrected chi connectivity index (χ3v) is 8.67. The van der Waals surface area contributed by atoms with Gasteiger partial charge in [-0.1, -0.05) is 12.1 Å². The molecule has 0 saturated carbocycles. The zero-order valence-corrected chi connectivity index (χ0v) is 26.8. The van der Waals surface area contributed by atoms with Gasteiger partial charge >= 0.3 is 11.9 Å². The number of methoxy groups -OCH3 is 2. The van der Waals surface area contributed by atoms with Crippen molar-refractivity contribution >= 4 is 27.3 Å². The first-order chi connectivity index (χ1) is 21.5. The molecule has 0 aliphatic carbocycles. The van der Waals surface area contributed by atoms with Crippen LogP contribution in [0.5, 0.6) is 23.0 Å². The molecule has 2 aromatic carbocycles. The molecule has 2 heterocycles. The number of sulfone groups is 1. The Bertz CT molecular complexity index is 1730. The molecule has 4 rings (SSSR count). The van der Waals surface area contributed by atoms with Crippen molar-refractivity contribution in [2.75, 3.05) is 41.0 Å². The Labute approximate surface area is 263 Å². The number of carbonyl (C=O) groups excluding carboxylic acids is 2. The highest BCUT2D eigenvalue weighted by molar-refractivity contribution is 7.91. The second-order valence-corrected chi connectivity index (χ2v) is 12.5. The number of ether oxygens (including phenoxy) is 5. The Morgan fingerprint density at radius 3 is 2.29 bits per heavy atom. The minimum absolute atomic E-state index is 0.0325. The van der Waals surface area contributed by atoms with Crippen LogP contribution in [0.25, 0.3) is 5.52 Å². The summed E-state index contributed by atoms with van der Waals surface area (Å²) in [6.45, 7) is 5.35. The Morgan fingerprint density at radius 1 is 0.867 bits per heavy atom.